The number of benzene rings is 1. The number of ether oxygens (including phenoxy) is 1. The Kier molecular flexibility index (Phi) is 4.57. The average Bonchev–Trinajstić information content (AvgIpc) is 2.45. The van der Waals surface area contributed by atoms with Gasteiger partial charge in [0.1, 0.15) is 5.75 Å². The van der Waals surface area contributed by atoms with E-state index in [4.69, 9.17) is 9.84 Å². The third kappa shape index (κ3) is 3.21. The van der Waals surface area contributed by atoms with Gasteiger partial charge in [-0.05, 0) is 53.5 Å². The fourth-order valence-electron chi connectivity index (χ4n) is 1.84. The predicted octanol–water partition coefficient (Wildman–Crippen LogP) is 4.34. The Morgan fingerprint density at radius 3 is 2.62 bits per heavy atom. The lowest BCUT2D eigenvalue weighted by molar-refractivity contribution is 0.0695. The van der Waals surface area contributed by atoms with Crippen LogP contribution < -0.4 is 4.74 Å². The van der Waals surface area contributed by atoms with Crippen molar-refractivity contribution in [1.29, 1.82) is 0 Å². The van der Waals surface area contributed by atoms with E-state index in [1.807, 2.05) is 13.8 Å². The number of aryl methyl sites for hydroxylation is 2. The Labute approximate surface area is 129 Å². The lowest BCUT2D eigenvalue weighted by Crippen LogP contribution is -2.02. The van der Waals surface area contributed by atoms with Crippen LogP contribution in [0.4, 0.5) is 4.39 Å². The first-order chi connectivity index (χ1) is 9.93. The Hall–Kier alpha value is -1.95. The Balaban J connectivity index is 2.41. The van der Waals surface area contributed by atoms with Crippen LogP contribution in [0.1, 0.15) is 28.7 Å². The van der Waals surface area contributed by atoms with Gasteiger partial charge in [0.15, 0.2) is 11.6 Å². The highest BCUT2D eigenvalue weighted by Crippen LogP contribution is 2.33. The van der Waals surface area contributed by atoms with E-state index in [0.29, 0.717) is 17.9 Å². The summed E-state index contributed by atoms with van der Waals surface area (Å²) in [6, 6.07) is 6.08. The first kappa shape index (κ1) is 15.4. The summed E-state index contributed by atoms with van der Waals surface area (Å²) >= 11 is 2.94. The zero-order valence-electron chi connectivity index (χ0n) is 11.5. The summed E-state index contributed by atoms with van der Waals surface area (Å²) in [5.41, 5.74) is 1.41. The van der Waals surface area contributed by atoms with Gasteiger partial charge in [-0.25, -0.2) is 9.18 Å². The third-order valence-electron chi connectivity index (χ3n) is 2.90. The molecule has 1 aromatic carbocycles. The van der Waals surface area contributed by atoms with Crippen LogP contribution in [0.5, 0.6) is 11.5 Å². The SMILES string of the molecule is CCc1nc(C)ccc1Oc1ccc(C(=O)O)c(Br)c1F. The van der Waals surface area contributed by atoms with Crippen molar-refractivity contribution in [2.24, 2.45) is 0 Å². The van der Waals surface area contributed by atoms with Crippen LogP contribution in [0.3, 0.4) is 0 Å². The summed E-state index contributed by atoms with van der Waals surface area (Å²) < 4.78 is 19.6. The maximum absolute atomic E-state index is 14.2. The van der Waals surface area contributed by atoms with E-state index < -0.39 is 11.8 Å². The van der Waals surface area contributed by atoms with Crippen LogP contribution in [-0.2, 0) is 6.42 Å². The molecule has 1 heterocycles. The van der Waals surface area contributed by atoms with Crippen LogP contribution in [0.15, 0.2) is 28.7 Å². The van der Waals surface area contributed by atoms with E-state index in [1.54, 1.807) is 12.1 Å². The number of hydrogen-bond acceptors (Lipinski definition) is 3. The van der Waals surface area contributed by atoms with E-state index in [-0.39, 0.29) is 15.8 Å². The lowest BCUT2D eigenvalue weighted by atomic mass is 10.2. The lowest BCUT2D eigenvalue weighted by Gasteiger charge is -2.12. The number of nitrogens with zero attached hydrogens (tertiary/aromatic N) is 1. The number of rotatable bonds is 4. The smallest absolute Gasteiger partial charge is 0.336 e. The van der Waals surface area contributed by atoms with Crippen molar-refractivity contribution in [2.45, 2.75) is 20.3 Å². The minimum absolute atomic E-state index is 0.0489. The number of aromatic nitrogens is 1. The van der Waals surface area contributed by atoms with Gasteiger partial charge in [-0.1, -0.05) is 6.92 Å². The number of carbonyl (C=O) groups is 1. The fraction of sp³-hybridized carbons (Fsp3) is 0.200. The van der Waals surface area contributed by atoms with Crippen LogP contribution in [0, 0.1) is 12.7 Å². The van der Waals surface area contributed by atoms with Gasteiger partial charge in [-0.15, -0.1) is 0 Å². The van der Waals surface area contributed by atoms with Crippen LogP contribution in [0.2, 0.25) is 0 Å². The fourth-order valence-corrected chi connectivity index (χ4v) is 2.34. The molecule has 1 N–H and O–H groups in total. The minimum atomic E-state index is -1.21. The Bertz CT molecular complexity index is 704. The van der Waals surface area contributed by atoms with Gasteiger partial charge < -0.3 is 9.84 Å². The Morgan fingerprint density at radius 1 is 1.33 bits per heavy atom. The van der Waals surface area contributed by atoms with Crippen LogP contribution >= 0.6 is 15.9 Å². The van der Waals surface area contributed by atoms with Gasteiger partial charge >= 0.3 is 5.97 Å². The topological polar surface area (TPSA) is 59.4 Å². The summed E-state index contributed by atoms with van der Waals surface area (Å²) in [5, 5.41) is 8.94. The van der Waals surface area contributed by atoms with Gasteiger partial charge in [0, 0.05) is 5.69 Å². The van der Waals surface area contributed by atoms with Crippen molar-refractivity contribution in [3.05, 3.63) is 51.5 Å². The molecule has 0 amide bonds. The molecule has 0 aliphatic carbocycles. The second-order valence-electron chi connectivity index (χ2n) is 4.40. The molecule has 21 heavy (non-hydrogen) atoms. The highest BCUT2D eigenvalue weighted by atomic mass is 79.9. The molecule has 0 saturated heterocycles. The molecule has 0 unspecified atom stereocenters. The van der Waals surface area contributed by atoms with Gasteiger partial charge in [-0.3, -0.25) is 4.98 Å². The van der Waals surface area contributed by atoms with Crippen LogP contribution in [-0.4, -0.2) is 16.1 Å². The summed E-state index contributed by atoms with van der Waals surface area (Å²) in [6.07, 6.45) is 0.646. The predicted molar refractivity (Wildman–Crippen MR) is 79.5 cm³/mol. The molecule has 0 aliphatic heterocycles. The molecular formula is C15H13BrFNO3. The Morgan fingerprint density at radius 2 is 2.00 bits per heavy atom. The third-order valence-corrected chi connectivity index (χ3v) is 3.68. The molecule has 0 saturated carbocycles. The van der Waals surface area contributed by atoms with Crippen molar-refractivity contribution in [3.8, 4) is 11.5 Å². The molecule has 1 aromatic heterocycles. The monoisotopic (exact) mass is 353 g/mol. The molecular weight excluding hydrogens is 341 g/mol. The van der Waals surface area contributed by atoms with Crippen molar-refractivity contribution < 1.29 is 19.0 Å². The van der Waals surface area contributed by atoms with Gasteiger partial charge in [0.2, 0.25) is 0 Å². The van der Waals surface area contributed by atoms with Gasteiger partial charge in [0.25, 0.3) is 0 Å². The quantitative estimate of drug-likeness (QED) is 0.887. The first-order valence-corrected chi connectivity index (χ1v) is 7.09. The van der Waals surface area contributed by atoms with Crippen molar-refractivity contribution >= 4 is 21.9 Å². The van der Waals surface area contributed by atoms with E-state index in [2.05, 4.69) is 20.9 Å². The number of carboxylic acid groups (broad SMARTS) is 1. The molecule has 0 atom stereocenters. The number of pyridine rings is 1. The van der Waals surface area contributed by atoms with Crippen molar-refractivity contribution in [1.82, 2.24) is 4.98 Å². The molecule has 110 valence electrons. The first-order valence-electron chi connectivity index (χ1n) is 6.29. The highest BCUT2D eigenvalue weighted by Gasteiger charge is 2.18. The van der Waals surface area contributed by atoms with Gasteiger partial charge in [0.05, 0.1) is 15.7 Å². The second kappa shape index (κ2) is 6.22. The van der Waals surface area contributed by atoms with Crippen LogP contribution in [0.25, 0.3) is 0 Å². The normalized spacial score (nSPS) is 10.5. The summed E-state index contributed by atoms with van der Waals surface area (Å²) in [7, 11) is 0. The van der Waals surface area contributed by atoms with Crippen molar-refractivity contribution in [2.75, 3.05) is 0 Å². The summed E-state index contributed by atoms with van der Waals surface area (Å²) in [4.78, 5) is 15.3. The molecule has 0 radical (unpaired) electrons. The highest BCUT2D eigenvalue weighted by molar-refractivity contribution is 9.10. The molecule has 0 bridgehead atoms. The molecule has 0 aliphatic rings. The molecule has 2 aromatic rings. The second-order valence-corrected chi connectivity index (χ2v) is 5.19. The molecule has 6 heteroatoms. The summed E-state index contributed by atoms with van der Waals surface area (Å²) in [5.74, 6) is -1.56. The molecule has 2 rings (SSSR count). The minimum Gasteiger partial charge on any atom is -0.478 e. The zero-order valence-corrected chi connectivity index (χ0v) is 13.1. The molecule has 4 nitrogen and oxygen atoms in total. The maximum atomic E-state index is 14.2. The maximum Gasteiger partial charge on any atom is 0.336 e. The van der Waals surface area contributed by atoms with E-state index in [1.165, 1.54) is 12.1 Å². The number of carboxylic acids is 1. The average molecular weight is 354 g/mol. The standard InChI is InChI=1S/C15H13BrFNO3/c1-3-10-11(6-4-8(2)18-10)21-12-7-5-9(15(19)20)13(16)14(12)17/h4-7H,3H2,1-2H3,(H,19,20). The van der Waals surface area contributed by atoms with E-state index >= 15 is 0 Å². The largest absolute Gasteiger partial charge is 0.478 e. The van der Waals surface area contributed by atoms with E-state index in [0.717, 1.165) is 5.69 Å². The molecule has 0 spiro atoms. The number of hydrogen-bond donors (Lipinski definition) is 1. The van der Waals surface area contributed by atoms with Gasteiger partial charge in [-0.2, -0.15) is 0 Å². The number of aromatic carboxylic acids is 1. The number of halogens is 2. The zero-order chi connectivity index (χ0) is 15.6. The van der Waals surface area contributed by atoms with Crippen molar-refractivity contribution in [3.63, 3.8) is 0 Å². The van der Waals surface area contributed by atoms with E-state index in [9.17, 15) is 9.18 Å². The summed E-state index contributed by atoms with van der Waals surface area (Å²) in [6.45, 7) is 3.79. The molecule has 0 fully saturated rings.